The fourth-order valence-electron chi connectivity index (χ4n) is 1.74. The molecule has 4 atom stereocenters. The highest BCUT2D eigenvalue weighted by Gasteiger charge is 2.50. The molecule has 0 aromatic heterocycles. The zero-order chi connectivity index (χ0) is 13.4. The van der Waals surface area contributed by atoms with Gasteiger partial charge in [0, 0.05) is 12.8 Å². The van der Waals surface area contributed by atoms with E-state index in [1.165, 1.54) is 0 Å². The molecule has 0 radical (unpaired) electrons. The predicted octanol–water partition coefficient (Wildman–Crippen LogP) is -2.34. The number of carboxylic acid groups (broad SMARTS) is 1. The minimum atomic E-state index is -3.93. The monoisotopic (exact) mass is 270 g/mol. The highest BCUT2D eigenvalue weighted by molar-refractivity contribution is 7.86. The van der Waals surface area contributed by atoms with Gasteiger partial charge in [-0.15, -0.1) is 0 Å². The Morgan fingerprint density at radius 2 is 1.88 bits per heavy atom. The van der Waals surface area contributed by atoms with Crippen molar-refractivity contribution in [1.29, 1.82) is 0 Å². The van der Waals surface area contributed by atoms with Gasteiger partial charge in [0.25, 0.3) is 10.1 Å². The maximum Gasteiger partial charge on any atom is 0.335 e. The Morgan fingerprint density at radius 1 is 1.35 bits per heavy atom. The van der Waals surface area contributed by atoms with Gasteiger partial charge in [0.2, 0.25) is 0 Å². The van der Waals surface area contributed by atoms with Crippen molar-refractivity contribution in [3.8, 4) is 0 Å². The molecule has 1 fully saturated rings. The topological polar surface area (TPSA) is 141 Å². The van der Waals surface area contributed by atoms with E-state index < -0.39 is 52.8 Å². The molecule has 8 nitrogen and oxygen atoms in total. The third-order valence-electron chi connectivity index (χ3n) is 2.56. The van der Waals surface area contributed by atoms with Crippen molar-refractivity contribution in [2.24, 2.45) is 0 Å². The maximum atomic E-state index is 10.9. The van der Waals surface area contributed by atoms with Gasteiger partial charge in [0.15, 0.2) is 5.60 Å². The molecule has 1 saturated carbocycles. The molecule has 9 heteroatoms. The van der Waals surface area contributed by atoms with Crippen LogP contribution in [0.15, 0.2) is 0 Å². The molecule has 0 bridgehead atoms. The maximum absolute atomic E-state index is 10.9. The number of carbonyl (C=O) groups is 1. The molecule has 0 heterocycles. The molecule has 0 unspecified atom stereocenters. The third-order valence-corrected chi connectivity index (χ3v) is 3.15. The summed E-state index contributed by atoms with van der Waals surface area (Å²) in [5.74, 6) is -1.61. The van der Waals surface area contributed by atoms with E-state index in [2.05, 4.69) is 4.18 Å². The van der Waals surface area contributed by atoms with E-state index in [9.17, 15) is 28.5 Å². The summed E-state index contributed by atoms with van der Waals surface area (Å²) in [6.07, 6.45) is -5.11. The van der Waals surface area contributed by atoms with E-state index >= 15 is 0 Å². The SMILES string of the molecule is CS(=O)(=O)O[C@@H]1C[C@](O)(C(=O)O)C[C@@H](O)[C@H]1O. The van der Waals surface area contributed by atoms with Gasteiger partial charge in [-0.3, -0.25) is 4.18 Å². The summed E-state index contributed by atoms with van der Waals surface area (Å²) >= 11 is 0. The largest absolute Gasteiger partial charge is 0.479 e. The number of carboxylic acids is 1. The van der Waals surface area contributed by atoms with E-state index in [1.54, 1.807) is 0 Å². The smallest absolute Gasteiger partial charge is 0.335 e. The lowest BCUT2D eigenvalue weighted by molar-refractivity contribution is -0.183. The molecule has 1 rings (SSSR count). The fourth-order valence-corrected chi connectivity index (χ4v) is 2.37. The summed E-state index contributed by atoms with van der Waals surface area (Å²) in [5.41, 5.74) is -2.31. The zero-order valence-corrected chi connectivity index (χ0v) is 9.79. The average Bonchev–Trinajstić information content (AvgIpc) is 2.11. The van der Waals surface area contributed by atoms with E-state index in [0.29, 0.717) is 0 Å². The second kappa shape index (κ2) is 4.50. The number of hydrogen-bond donors (Lipinski definition) is 4. The summed E-state index contributed by atoms with van der Waals surface area (Å²) in [6.45, 7) is 0. The predicted molar refractivity (Wildman–Crippen MR) is 53.6 cm³/mol. The van der Waals surface area contributed by atoms with Gasteiger partial charge in [-0.1, -0.05) is 0 Å². The van der Waals surface area contributed by atoms with Crippen LogP contribution in [0.25, 0.3) is 0 Å². The number of aliphatic carboxylic acids is 1. The second-order valence-electron chi connectivity index (χ2n) is 4.14. The standard InChI is InChI=1S/C8H14O8S/c1-17(14,15)16-5-3-8(13,7(11)12)2-4(9)6(5)10/h4-6,9-10,13H,2-3H2,1H3,(H,11,12)/t4-,5-,6-,8+/m1/s1. The van der Waals surface area contributed by atoms with E-state index in [1.807, 2.05) is 0 Å². The van der Waals surface area contributed by atoms with Crippen LogP contribution in [0.4, 0.5) is 0 Å². The van der Waals surface area contributed by atoms with E-state index in [4.69, 9.17) is 5.11 Å². The van der Waals surface area contributed by atoms with Crippen LogP contribution in [0.3, 0.4) is 0 Å². The second-order valence-corrected chi connectivity index (χ2v) is 5.74. The molecule has 100 valence electrons. The Kier molecular flexibility index (Phi) is 3.79. The minimum Gasteiger partial charge on any atom is -0.479 e. The van der Waals surface area contributed by atoms with Crippen molar-refractivity contribution in [2.75, 3.05) is 6.26 Å². The van der Waals surface area contributed by atoms with Gasteiger partial charge >= 0.3 is 5.97 Å². The van der Waals surface area contributed by atoms with Gasteiger partial charge in [-0.05, 0) is 0 Å². The van der Waals surface area contributed by atoms with Crippen molar-refractivity contribution < 1.29 is 37.8 Å². The van der Waals surface area contributed by atoms with Gasteiger partial charge in [-0.2, -0.15) is 8.42 Å². The van der Waals surface area contributed by atoms with Gasteiger partial charge in [-0.25, -0.2) is 4.79 Å². The van der Waals surface area contributed by atoms with Gasteiger partial charge in [0.1, 0.15) is 12.2 Å². The van der Waals surface area contributed by atoms with E-state index in [0.717, 1.165) is 6.26 Å². The minimum absolute atomic E-state index is 0.590. The molecular weight excluding hydrogens is 256 g/mol. The van der Waals surface area contributed by atoms with Crippen molar-refractivity contribution in [1.82, 2.24) is 0 Å². The van der Waals surface area contributed by atoms with Gasteiger partial charge < -0.3 is 20.4 Å². The lowest BCUT2D eigenvalue weighted by Crippen LogP contribution is -2.57. The molecule has 1 aliphatic rings. The normalized spacial score (nSPS) is 38.9. The lowest BCUT2D eigenvalue weighted by Gasteiger charge is -2.38. The fraction of sp³-hybridized carbons (Fsp3) is 0.875. The van der Waals surface area contributed by atoms with Crippen LogP contribution in [-0.2, 0) is 19.1 Å². The summed E-state index contributed by atoms with van der Waals surface area (Å²) in [7, 11) is -3.93. The Hall–Kier alpha value is -0.740. The van der Waals surface area contributed by atoms with Crippen molar-refractivity contribution in [2.45, 2.75) is 36.8 Å². The molecule has 1 aliphatic carbocycles. The van der Waals surface area contributed by atoms with Gasteiger partial charge in [0.05, 0.1) is 12.4 Å². The summed E-state index contributed by atoms with van der Waals surface area (Å²) < 4.78 is 26.2. The van der Waals surface area contributed by atoms with Crippen LogP contribution in [0.5, 0.6) is 0 Å². The molecule has 17 heavy (non-hydrogen) atoms. The molecule has 0 saturated heterocycles. The molecule has 0 aliphatic heterocycles. The first-order chi connectivity index (χ1) is 7.55. The first kappa shape index (κ1) is 14.3. The lowest BCUT2D eigenvalue weighted by atomic mass is 9.80. The molecule has 0 aromatic rings. The van der Waals surface area contributed by atoms with Crippen LogP contribution in [0, 0.1) is 0 Å². The Labute approximate surface area is 97.6 Å². The first-order valence-electron chi connectivity index (χ1n) is 4.75. The molecular formula is C8H14O8S. The summed E-state index contributed by atoms with van der Waals surface area (Å²) in [5, 5.41) is 37.3. The molecule has 0 aromatic carbocycles. The van der Waals surface area contributed by atoms with Crippen LogP contribution < -0.4 is 0 Å². The first-order valence-corrected chi connectivity index (χ1v) is 6.57. The quantitative estimate of drug-likeness (QED) is 0.418. The third kappa shape index (κ3) is 3.36. The highest BCUT2D eigenvalue weighted by Crippen LogP contribution is 2.31. The molecule has 0 spiro atoms. The van der Waals surface area contributed by atoms with Crippen LogP contribution in [-0.4, -0.2) is 65.0 Å². The Morgan fingerprint density at radius 3 is 2.29 bits per heavy atom. The summed E-state index contributed by atoms with van der Waals surface area (Å²) in [6, 6.07) is 0. The van der Waals surface area contributed by atoms with Crippen molar-refractivity contribution in [3.63, 3.8) is 0 Å². The zero-order valence-electron chi connectivity index (χ0n) is 8.98. The molecule has 4 N–H and O–H groups in total. The van der Waals surface area contributed by atoms with Crippen molar-refractivity contribution >= 4 is 16.1 Å². The van der Waals surface area contributed by atoms with E-state index in [-0.39, 0.29) is 0 Å². The van der Waals surface area contributed by atoms with Crippen molar-refractivity contribution in [3.05, 3.63) is 0 Å². The number of aliphatic hydroxyl groups is 3. The highest BCUT2D eigenvalue weighted by atomic mass is 32.2. The number of hydrogen-bond acceptors (Lipinski definition) is 7. The molecule has 0 amide bonds. The van der Waals surface area contributed by atoms with Crippen LogP contribution >= 0.6 is 0 Å². The summed E-state index contributed by atoms with van der Waals surface area (Å²) in [4.78, 5) is 10.8. The number of aliphatic hydroxyl groups excluding tert-OH is 2. The van der Waals surface area contributed by atoms with Crippen LogP contribution in [0.1, 0.15) is 12.8 Å². The Balaban J connectivity index is 2.93. The van der Waals surface area contributed by atoms with Crippen LogP contribution in [0.2, 0.25) is 0 Å². The average molecular weight is 270 g/mol. The Bertz CT molecular complexity index is 404. The number of rotatable bonds is 3.